The van der Waals surface area contributed by atoms with Gasteiger partial charge in [0.15, 0.2) is 0 Å². The number of nitrogens with one attached hydrogen (secondary N) is 2. The Balaban J connectivity index is 1.50. The van der Waals surface area contributed by atoms with Crippen LogP contribution in [-0.4, -0.2) is 22.0 Å². The summed E-state index contributed by atoms with van der Waals surface area (Å²) in [5.41, 5.74) is 0.848. The van der Waals surface area contributed by atoms with Crippen molar-refractivity contribution in [1.29, 1.82) is 0 Å². The smallest absolute Gasteiger partial charge is 0.265 e. The van der Waals surface area contributed by atoms with Crippen molar-refractivity contribution in [1.82, 2.24) is 10.2 Å². The number of benzene rings is 1. The van der Waals surface area contributed by atoms with Crippen molar-refractivity contribution in [3.8, 4) is 0 Å². The molecule has 0 spiro atoms. The van der Waals surface area contributed by atoms with Gasteiger partial charge in [0.25, 0.3) is 11.8 Å². The minimum Gasteiger partial charge on any atom is -0.321 e. The second kappa shape index (κ2) is 6.73. The molecule has 8 heteroatoms. The summed E-state index contributed by atoms with van der Waals surface area (Å²) in [6.45, 7) is 0. The quantitative estimate of drug-likeness (QED) is 0.711. The number of hydrogen-bond acceptors (Lipinski definition) is 6. The van der Waals surface area contributed by atoms with Gasteiger partial charge in [-0.05, 0) is 36.4 Å². The predicted molar refractivity (Wildman–Crippen MR) is 98.6 cm³/mol. The van der Waals surface area contributed by atoms with Gasteiger partial charge in [0.2, 0.25) is 5.13 Å². The molecule has 25 heavy (non-hydrogen) atoms. The van der Waals surface area contributed by atoms with Gasteiger partial charge < -0.3 is 5.32 Å². The van der Waals surface area contributed by atoms with Crippen molar-refractivity contribution < 1.29 is 9.59 Å². The normalized spacial score (nSPS) is 13.4. The topological polar surface area (TPSA) is 84.0 Å². The number of carbonyl (C=O) groups is 2. The third kappa shape index (κ3) is 3.59. The fourth-order valence-corrected chi connectivity index (χ4v) is 3.85. The standard InChI is InChI=1S/C17H14N4O2S2/c22-14(19-17-21-20-16(25-17)10-7-8-10)11-4-1-2-5-12(11)18-15(23)13-6-3-9-24-13/h1-6,9-10H,7-8H2,(H,18,23)(H,19,21,22). The van der Waals surface area contributed by atoms with E-state index in [4.69, 9.17) is 0 Å². The third-order valence-electron chi connectivity index (χ3n) is 3.75. The maximum absolute atomic E-state index is 12.6. The van der Waals surface area contributed by atoms with Gasteiger partial charge in [-0.25, -0.2) is 0 Å². The lowest BCUT2D eigenvalue weighted by atomic mass is 10.1. The van der Waals surface area contributed by atoms with Gasteiger partial charge >= 0.3 is 0 Å². The van der Waals surface area contributed by atoms with Gasteiger partial charge in [-0.15, -0.1) is 21.5 Å². The highest BCUT2D eigenvalue weighted by Crippen LogP contribution is 2.42. The Morgan fingerprint density at radius 3 is 2.60 bits per heavy atom. The number of anilines is 2. The number of hydrogen-bond donors (Lipinski definition) is 2. The van der Waals surface area contributed by atoms with Crippen molar-refractivity contribution >= 4 is 45.3 Å². The molecule has 1 aliphatic carbocycles. The minimum absolute atomic E-state index is 0.234. The van der Waals surface area contributed by atoms with Crippen LogP contribution >= 0.6 is 22.7 Å². The van der Waals surface area contributed by atoms with Crippen LogP contribution in [0.25, 0.3) is 0 Å². The molecule has 0 bridgehead atoms. The number of carbonyl (C=O) groups excluding carboxylic acids is 2. The summed E-state index contributed by atoms with van der Waals surface area (Å²) in [6.07, 6.45) is 2.28. The number of aromatic nitrogens is 2. The molecule has 0 radical (unpaired) electrons. The van der Waals surface area contributed by atoms with Crippen LogP contribution in [0.4, 0.5) is 10.8 Å². The van der Waals surface area contributed by atoms with Gasteiger partial charge in [0, 0.05) is 5.92 Å². The number of nitrogens with zero attached hydrogens (tertiary/aromatic N) is 2. The molecule has 2 amide bonds. The van der Waals surface area contributed by atoms with Crippen LogP contribution in [0.2, 0.25) is 0 Å². The molecule has 6 nitrogen and oxygen atoms in total. The van der Waals surface area contributed by atoms with Gasteiger partial charge in [0.05, 0.1) is 16.1 Å². The lowest BCUT2D eigenvalue weighted by Crippen LogP contribution is -2.17. The molecule has 1 aliphatic rings. The van der Waals surface area contributed by atoms with E-state index in [1.807, 2.05) is 11.4 Å². The molecule has 0 atom stereocenters. The number of thiophene rings is 1. The second-order valence-electron chi connectivity index (χ2n) is 5.65. The predicted octanol–water partition coefficient (Wildman–Crippen LogP) is 3.98. The molecule has 2 aromatic heterocycles. The monoisotopic (exact) mass is 370 g/mol. The molecule has 0 aliphatic heterocycles. The van der Waals surface area contributed by atoms with Gasteiger partial charge in [-0.1, -0.05) is 29.5 Å². The average Bonchev–Trinajstić information content (AvgIpc) is 3.12. The van der Waals surface area contributed by atoms with Crippen LogP contribution in [-0.2, 0) is 0 Å². The Hall–Kier alpha value is -2.58. The van der Waals surface area contributed by atoms with E-state index in [0.29, 0.717) is 27.2 Å². The molecule has 2 N–H and O–H groups in total. The summed E-state index contributed by atoms with van der Waals surface area (Å²) < 4.78 is 0. The van der Waals surface area contributed by atoms with Crippen LogP contribution in [0.5, 0.6) is 0 Å². The van der Waals surface area contributed by atoms with E-state index in [0.717, 1.165) is 17.8 Å². The first-order valence-electron chi connectivity index (χ1n) is 7.79. The SMILES string of the molecule is O=C(Nc1ccccc1C(=O)Nc1nnc(C2CC2)s1)c1cccs1. The van der Waals surface area contributed by atoms with Gasteiger partial charge in [0.1, 0.15) is 5.01 Å². The van der Waals surface area contributed by atoms with Gasteiger partial charge in [-0.2, -0.15) is 0 Å². The van der Waals surface area contributed by atoms with Crippen molar-refractivity contribution in [2.45, 2.75) is 18.8 Å². The molecule has 3 aromatic rings. The van der Waals surface area contributed by atoms with E-state index >= 15 is 0 Å². The van der Waals surface area contributed by atoms with Crippen LogP contribution in [0.15, 0.2) is 41.8 Å². The molecule has 126 valence electrons. The second-order valence-corrected chi connectivity index (χ2v) is 7.61. The summed E-state index contributed by atoms with van der Waals surface area (Å²) in [4.78, 5) is 25.4. The van der Waals surface area contributed by atoms with Crippen LogP contribution < -0.4 is 10.6 Å². The van der Waals surface area contributed by atoms with Crippen LogP contribution in [0.1, 0.15) is 43.8 Å². The average molecular weight is 370 g/mol. The Labute approximate surface area is 151 Å². The summed E-state index contributed by atoms with van der Waals surface area (Å²) in [5.74, 6) is -0.0525. The summed E-state index contributed by atoms with van der Waals surface area (Å²) in [6, 6.07) is 10.5. The Morgan fingerprint density at radius 1 is 1.00 bits per heavy atom. The molecule has 1 fully saturated rings. The molecule has 2 heterocycles. The fraction of sp³-hybridized carbons (Fsp3) is 0.176. The highest BCUT2D eigenvalue weighted by Gasteiger charge is 2.28. The molecule has 1 saturated carbocycles. The summed E-state index contributed by atoms with van der Waals surface area (Å²) in [7, 11) is 0. The molecule has 0 unspecified atom stereocenters. The van der Waals surface area contributed by atoms with E-state index in [1.165, 1.54) is 22.7 Å². The Bertz CT molecular complexity index is 916. The lowest BCUT2D eigenvalue weighted by molar-refractivity contribution is 0.102. The number of rotatable bonds is 5. The molecular weight excluding hydrogens is 356 g/mol. The maximum Gasteiger partial charge on any atom is 0.265 e. The van der Waals surface area contributed by atoms with E-state index in [1.54, 1.807) is 30.3 Å². The highest BCUT2D eigenvalue weighted by molar-refractivity contribution is 7.15. The highest BCUT2D eigenvalue weighted by atomic mass is 32.1. The van der Waals surface area contributed by atoms with Crippen molar-refractivity contribution in [2.24, 2.45) is 0 Å². The Kier molecular flexibility index (Phi) is 4.29. The lowest BCUT2D eigenvalue weighted by Gasteiger charge is -2.09. The van der Waals surface area contributed by atoms with Gasteiger partial charge in [-0.3, -0.25) is 14.9 Å². The van der Waals surface area contributed by atoms with Crippen LogP contribution in [0.3, 0.4) is 0 Å². The molecule has 0 saturated heterocycles. The zero-order chi connectivity index (χ0) is 17.2. The summed E-state index contributed by atoms with van der Waals surface area (Å²) in [5, 5.41) is 17.0. The first kappa shape index (κ1) is 15.9. The number of amides is 2. The van der Waals surface area contributed by atoms with E-state index < -0.39 is 0 Å². The Morgan fingerprint density at radius 2 is 1.84 bits per heavy atom. The maximum atomic E-state index is 12.6. The van der Waals surface area contributed by atoms with Crippen molar-refractivity contribution in [3.63, 3.8) is 0 Å². The first-order valence-corrected chi connectivity index (χ1v) is 9.49. The van der Waals surface area contributed by atoms with Crippen molar-refractivity contribution in [3.05, 3.63) is 57.2 Å². The first-order chi connectivity index (χ1) is 12.2. The zero-order valence-corrected chi connectivity index (χ0v) is 14.7. The summed E-state index contributed by atoms with van der Waals surface area (Å²) >= 11 is 2.75. The fourth-order valence-electron chi connectivity index (χ4n) is 2.33. The third-order valence-corrected chi connectivity index (χ3v) is 5.62. The van der Waals surface area contributed by atoms with E-state index in [-0.39, 0.29) is 11.8 Å². The van der Waals surface area contributed by atoms with E-state index in [9.17, 15) is 9.59 Å². The molecule has 1 aromatic carbocycles. The van der Waals surface area contributed by atoms with Crippen LogP contribution in [0, 0.1) is 0 Å². The minimum atomic E-state index is -0.319. The van der Waals surface area contributed by atoms with E-state index in [2.05, 4.69) is 20.8 Å². The number of para-hydroxylation sites is 1. The zero-order valence-electron chi connectivity index (χ0n) is 13.1. The largest absolute Gasteiger partial charge is 0.321 e. The molecular formula is C17H14N4O2S2. The molecule has 4 rings (SSSR count). The van der Waals surface area contributed by atoms with Crippen molar-refractivity contribution in [2.75, 3.05) is 10.6 Å².